The molecule has 1 heterocycles. The SMILES string of the molecule is CCCNC1COc2cc(OC(CC)CC)ccc21. The van der Waals surface area contributed by atoms with Gasteiger partial charge in [0.2, 0.25) is 0 Å². The van der Waals surface area contributed by atoms with Crippen LogP contribution in [-0.4, -0.2) is 19.3 Å². The van der Waals surface area contributed by atoms with E-state index in [9.17, 15) is 0 Å². The maximum Gasteiger partial charge on any atom is 0.128 e. The van der Waals surface area contributed by atoms with E-state index in [4.69, 9.17) is 9.47 Å². The largest absolute Gasteiger partial charge is 0.491 e. The summed E-state index contributed by atoms with van der Waals surface area (Å²) in [6.45, 7) is 8.24. The molecule has 0 fully saturated rings. The maximum absolute atomic E-state index is 5.95. The van der Waals surface area contributed by atoms with E-state index >= 15 is 0 Å². The molecule has 106 valence electrons. The van der Waals surface area contributed by atoms with Crippen molar-refractivity contribution in [1.29, 1.82) is 0 Å². The fraction of sp³-hybridized carbons (Fsp3) is 0.625. The first-order valence-electron chi connectivity index (χ1n) is 7.45. The molecule has 0 amide bonds. The topological polar surface area (TPSA) is 30.5 Å². The van der Waals surface area contributed by atoms with E-state index in [2.05, 4.69) is 38.2 Å². The Morgan fingerprint density at radius 2 is 2.11 bits per heavy atom. The summed E-state index contributed by atoms with van der Waals surface area (Å²) < 4.78 is 11.7. The van der Waals surface area contributed by atoms with E-state index < -0.39 is 0 Å². The van der Waals surface area contributed by atoms with E-state index in [1.165, 1.54) is 5.56 Å². The van der Waals surface area contributed by atoms with Crippen LogP contribution in [0.5, 0.6) is 11.5 Å². The summed E-state index contributed by atoms with van der Waals surface area (Å²) in [5.41, 5.74) is 1.25. The number of hydrogen-bond acceptors (Lipinski definition) is 3. The van der Waals surface area contributed by atoms with Crippen molar-refractivity contribution in [2.24, 2.45) is 0 Å². The van der Waals surface area contributed by atoms with Crippen molar-refractivity contribution in [2.75, 3.05) is 13.2 Å². The predicted octanol–water partition coefficient (Wildman–Crippen LogP) is 3.69. The van der Waals surface area contributed by atoms with Gasteiger partial charge in [-0.3, -0.25) is 0 Å². The van der Waals surface area contributed by atoms with E-state index in [0.717, 1.165) is 43.9 Å². The van der Waals surface area contributed by atoms with Crippen molar-refractivity contribution in [3.63, 3.8) is 0 Å². The molecule has 1 unspecified atom stereocenters. The van der Waals surface area contributed by atoms with Gasteiger partial charge in [0.25, 0.3) is 0 Å². The number of rotatable bonds is 7. The van der Waals surface area contributed by atoms with Gasteiger partial charge in [0.1, 0.15) is 18.1 Å². The first kappa shape index (κ1) is 14.2. The highest BCUT2D eigenvalue weighted by Crippen LogP contribution is 2.35. The number of ether oxygens (including phenoxy) is 2. The van der Waals surface area contributed by atoms with Gasteiger partial charge in [-0.25, -0.2) is 0 Å². The van der Waals surface area contributed by atoms with Gasteiger partial charge in [-0.15, -0.1) is 0 Å². The van der Waals surface area contributed by atoms with Gasteiger partial charge in [0, 0.05) is 11.6 Å². The van der Waals surface area contributed by atoms with Gasteiger partial charge < -0.3 is 14.8 Å². The minimum atomic E-state index is 0.300. The van der Waals surface area contributed by atoms with E-state index in [1.807, 2.05) is 6.07 Å². The van der Waals surface area contributed by atoms with Crippen LogP contribution in [0.4, 0.5) is 0 Å². The lowest BCUT2D eigenvalue weighted by atomic mass is 10.1. The molecule has 0 radical (unpaired) electrons. The summed E-state index contributed by atoms with van der Waals surface area (Å²) in [5, 5.41) is 3.50. The van der Waals surface area contributed by atoms with Crippen molar-refractivity contribution in [1.82, 2.24) is 5.32 Å². The van der Waals surface area contributed by atoms with Crippen molar-refractivity contribution >= 4 is 0 Å². The number of fused-ring (bicyclic) bond motifs is 1. The molecular weight excluding hydrogens is 238 g/mol. The van der Waals surface area contributed by atoms with Gasteiger partial charge in [-0.05, 0) is 37.9 Å². The molecule has 0 aromatic heterocycles. The van der Waals surface area contributed by atoms with Crippen LogP contribution in [0.25, 0.3) is 0 Å². The summed E-state index contributed by atoms with van der Waals surface area (Å²) in [7, 11) is 0. The molecule has 1 aromatic carbocycles. The third kappa shape index (κ3) is 3.41. The van der Waals surface area contributed by atoms with E-state index in [1.54, 1.807) is 0 Å². The minimum absolute atomic E-state index is 0.300. The summed E-state index contributed by atoms with van der Waals surface area (Å²) in [4.78, 5) is 0. The molecule has 1 atom stereocenters. The Morgan fingerprint density at radius 1 is 1.32 bits per heavy atom. The fourth-order valence-electron chi connectivity index (χ4n) is 2.40. The van der Waals surface area contributed by atoms with Gasteiger partial charge >= 0.3 is 0 Å². The van der Waals surface area contributed by atoms with Gasteiger partial charge in [-0.1, -0.05) is 20.8 Å². The van der Waals surface area contributed by atoms with E-state index in [0.29, 0.717) is 12.1 Å². The number of nitrogens with one attached hydrogen (secondary N) is 1. The lowest BCUT2D eigenvalue weighted by Crippen LogP contribution is -2.22. The van der Waals surface area contributed by atoms with Gasteiger partial charge in [0.15, 0.2) is 0 Å². The standard InChI is InChI=1S/C16H25NO2/c1-4-9-17-15-11-18-16-10-13(7-8-14(15)16)19-12(5-2)6-3/h7-8,10,12,15,17H,4-6,9,11H2,1-3H3. The van der Waals surface area contributed by atoms with E-state index in [-0.39, 0.29) is 0 Å². The molecule has 0 bridgehead atoms. The Kier molecular flexibility index (Phi) is 5.08. The molecule has 1 N–H and O–H groups in total. The minimum Gasteiger partial charge on any atom is -0.491 e. The molecule has 1 aliphatic heterocycles. The number of hydrogen-bond donors (Lipinski definition) is 1. The van der Waals surface area contributed by atoms with Gasteiger partial charge in [-0.2, -0.15) is 0 Å². The molecule has 2 rings (SSSR count). The van der Waals surface area contributed by atoms with Crippen molar-refractivity contribution in [3.05, 3.63) is 23.8 Å². The quantitative estimate of drug-likeness (QED) is 0.814. The molecule has 19 heavy (non-hydrogen) atoms. The molecule has 3 heteroatoms. The third-order valence-corrected chi connectivity index (χ3v) is 3.62. The Labute approximate surface area is 116 Å². The first-order chi connectivity index (χ1) is 9.28. The Morgan fingerprint density at radius 3 is 2.79 bits per heavy atom. The van der Waals surface area contributed by atoms with Gasteiger partial charge in [0.05, 0.1) is 12.1 Å². The average molecular weight is 263 g/mol. The highest BCUT2D eigenvalue weighted by Gasteiger charge is 2.24. The Balaban J connectivity index is 2.04. The second-order valence-electron chi connectivity index (χ2n) is 5.07. The molecule has 0 saturated carbocycles. The summed E-state index contributed by atoms with van der Waals surface area (Å²) in [6, 6.07) is 6.55. The van der Waals surface area contributed by atoms with Crippen molar-refractivity contribution in [2.45, 2.75) is 52.2 Å². The Bertz CT molecular complexity index is 402. The van der Waals surface area contributed by atoms with Crippen LogP contribution in [-0.2, 0) is 0 Å². The molecular formula is C16H25NO2. The van der Waals surface area contributed by atoms with Crippen molar-refractivity contribution in [3.8, 4) is 11.5 Å². The molecule has 0 spiro atoms. The third-order valence-electron chi connectivity index (χ3n) is 3.62. The van der Waals surface area contributed by atoms with Crippen LogP contribution in [0.2, 0.25) is 0 Å². The second kappa shape index (κ2) is 6.80. The lowest BCUT2D eigenvalue weighted by Gasteiger charge is -2.16. The molecule has 3 nitrogen and oxygen atoms in total. The van der Waals surface area contributed by atoms with Crippen LogP contribution in [0.15, 0.2) is 18.2 Å². The molecule has 0 saturated heterocycles. The predicted molar refractivity (Wildman–Crippen MR) is 78.0 cm³/mol. The monoisotopic (exact) mass is 263 g/mol. The molecule has 1 aromatic rings. The fourth-order valence-corrected chi connectivity index (χ4v) is 2.40. The summed E-state index contributed by atoms with van der Waals surface area (Å²) in [5.74, 6) is 1.89. The van der Waals surface area contributed by atoms with Crippen LogP contribution in [0, 0.1) is 0 Å². The zero-order chi connectivity index (χ0) is 13.7. The molecule has 1 aliphatic rings. The highest BCUT2D eigenvalue weighted by atomic mass is 16.5. The van der Waals surface area contributed by atoms with Crippen LogP contribution < -0.4 is 14.8 Å². The Hall–Kier alpha value is -1.22. The smallest absolute Gasteiger partial charge is 0.128 e. The maximum atomic E-state index is 5.95. The van der Waals surface area contributed by atoms with Crippen LogP contribution in [0.3, 0.4) is 0 Å². The van der Waals surface area contributed by atoms with Crippen LogP contribution in [0.1, 0.15) is 51.6 Å². The second-order valence-corrected chi connectivity index (χ2v) is 5.07. The average Bonchev–Trinajstić information content (AvgIpc) is 2.84. The normalized spacial score (nSPS) is 17.4. The first-order valence-corrected chi connectivity index (χ1v) is 7.45. The van der Waals surface area contributed by atoms with Crippen LogP contribution >= 0.6 is 0 Å². The van der Waals surface area contributed by atoms with Crippen molar-refractivity contribution < 1.29 is 9.47 Å². The molecule has 0 aliphatic carbocycles. The summed E-state index contributed by atoms with van der Waals surface area (Å²) >= 11 is 0. The zero-order valence-electron chi connectivity index (χ0n) is 12.2. The summed E-state index contributed by atoms with van der Waals surface area (Å²) in [6.07, 6.45) is 3.51. The number of benzene rings is 1. The lowest BCUT2D eigenvalue weighted by molar-refractivity contribution is 0.192. The highest BCUT2D eigenvalue weighted by molar-refractivity contribution is 5.45. The zero-order valence-corrected chi connectivity index (χ0v) is 12.2.